The van der Waals surface area contributed by atoms with Crippen LogP contribution in [0.4, 0.5) is 11.6 Å². The number of ether oxygens (including phenoxy) is 1. The molecule has 3 aliphatic rings. The fraction of sp³-hybridized carbons (Fsp3) is 0.609. The minimum atomic E-state index is 0.300. The van der Waals surface area contributed by atoms with Crippen molar-refractivity contribution in [3.05, 3.63) is 17.5 Å². The van der Waals surface area contributed by atoms with Gasteiger partial charge in [0.2, 0.25) is 0 Å². The van der Waals surface area contributed by atoms with Gasteiger partial charge in [-0.3, -0.25) is 4.90 Å². The summed E-state index contributed by atoms with van der Waals surface area (Å²) in [4.78, 5) is 17.1. The quantitative estimate of drug-likeness (QED) is 0.683. The molecule has 3 aromatic heterocycles. The molecule has 0 unspecified atom stereocenters. The molecule has 6 rings (SSSR count). The van der Waals surface area contributed by atoms with E-state index in [1.54, 1.807) is 11.9 Å². The van der Waals surface area contributed by atoms with E-state index in [4.69, 9.17) is 9.72 Å². The Morgan fingerprint density at radius 1 is 1.07 bits per heavy atom. The average Bonchev–Trinajstić information content (AvgIpc) is 3.45. The Labute approximate surface area is 181 Å². The van der Waals surface area contributed by atoms with Gasteiger partial charge in [-0.05, 0) is 63.4 Å². The number of anilines is 2. The van der Waals surface area contributed by atoms with Crippen LogP contribution >= 0.6 is 11.3 Å². The van der Waals surface area contributed by atoms with Gasteiger partial charge in [0.05, 0.1) is 30.1 Å². The van der Waals surface area contributed by atoms with E-state index < -0.39 is 0 Å². The number of pyridine rings is 1. The highest BCUT2D eigenvalue weighted by atomic mass is 32.1. The highest BCUT2D eigenvalue weighted by molar-refractivity contribution is 7.25. The van der Waals surface area contributed by atoms with E-state index in [-0.39, 0.29) is 0 Å². The normalized spacial score (nSPS) is 22.0. The maximum atomic E-state index is 5.79. The third kappa shape index (κ3) is 3.23. The molecule has 1 atom stereocenters. The van der Waals surface area contributed by atoms with Gasteiger partial charge in [-0.15, -0.1) is 0 Å². The van der Waals surface area contributed by atoms with Gasteiger partial charge in [0.1, 0.15) is 16.8 Å². The van der Waals surface area contributed by atoms with Gasteiger partial charge in [-0.2, -0.15) is 0 Å². The molecule has 2 fully saturated rings. The van der Waals surface area contributed by atoms with Gasteiger partial charge in [-0.1, -0.05) is 11.3 Å². The first kappa shape index (κ1) is 18.8. The SMILES string of the molecule is c1nc(NC[C@H]2CCCO2)c2sc3[nH+]c(N4CCCCC4)c4c(c3c2n1)CCCC4. The van der Waals surface area contributed by atoms with Gasteiger partial charge in [0.15, 0.2) is 4.83 Å². The topological polar surface area (TPSA) is 64.4 Å². The summed E-state index contributed by atoms with van der Waals surface area (Å²) in [5.74, 6) is 2.33. The van der Waals surface area contributed by atoms with Gasteiger partial charge >= 0.3 is 0 Å². The van der Waals surface area contributed by atoms with E-state index in [1.165, 1.54) is 77.9 Å². The molecule has 2 N–H and O–H groups in total. The maximum absolute atomic E-state index is 5.79. The van der Waals surface area contributed by atoms with Crippen molar-refractivity contribution in [2.24, 2.45) is 0 Å². The summed E-state index contributed by atoms with van der Waals surface area (Å²) in [7, 11) is 0. The van der Waals surface area contributed by atoms with Crippen LogP contribution in [0.2, 0.25) is 0 Å². The number of aromatic amines is 1. The van der Waals surface area contributed by atoms with Crippen molar-refractivity contribution in [3.63, 3.8) is 0 Å². The molecular weight excluding hydrogens is 394 g/mol. The second-order valence-corrected chi connectivity index (χ2v) is 9.93. The van der Waals surface area contributed by atoms with Crippen LogP contribution in [-0.4, -0.2) is 42.3 Å². The molecule has 30 heavy (non-hydrogen) atoms. The second-order valence-electron chi connectivity index (χ2n) is 8.91. The fourth-order valence-electron chi connectivity index (χ4n) is 5.43. The van der Waals surface area contributed by atoms with Crippen LogP contribution in [0.25, 0.3) is 20.4 Å². The smallest absolute Gasteiger partial charge is 0.278 e. The molecule has 1 aliphatic carbocycles. The Bertz CT molecular complexity index is 1070. The molecule has 7 heteroatoms. The van der Waals surface area contributed by atoms with E-state index >= 15 is 0 Å². The molecule has 6 nitrogen and oxygen atoms in total. The lowest BCUT2D eigenvalue weighted by Crippen LogP contribution is -2.36. The van der Waals surface area contributed by atoms with Crippen molar-refractivity contribution in [1.82, 2.24) is 9.97 Å². The molecule has 2 aliphatic heterocycles. The largest absolute Gasteiger partial charge is 0.376 e. The molecule has 5 heterocycles. The third-order valence-corrected chi connectivity index (χ3v) is 8.05. The first-order valence-electron chi connectivity index (χ1n) is 11.6. The summed E-state index contributed by atoms with van der Waals surface area (Å²) in [5.41, 5.74) is 4.19. The molecule has 0 aromatic carbocycles. The van der Waals surface area contributed by atoms with Crippen molar-refractivity contribution < 1.29 is 9.72 Å². The van der Waals surface area contributed by atoms with Crippen LogP contribution in [0.3, 0.4) is 0 Å². The van der Waals surface area contributed by atoms with Crippen LogP contribution < -0.4 is 15.2 Å². The van der Waals surface area contributed by atoms with Crippen molar-refractivity contribution in [2.45, 2.75) is 63.9 Å². The Morgan fingerprint density at radius 2 is 1.93 bits per heavy atom. The highest BCUT2D eigenvalue weighted by Crippen LogP contribution is 2.41. The standard InChI is InChI=1S/C23H29N5OS/c1-4-10-28(11-5-1)22-17-9-3-2-8-16(17)18-19-20(30-23(18)27-22)21(26-14-25-19)24-13-15-7-6-12-29-15/h14-15H,1-13H2,(H,24,25,26)/p+1/t15-/m1/s1. The number of fused-ring (bicyclic) bond motifs is 5. The fourth-order valence-corrected chi connectivity index (χ4v) is 6.58. The molecule has 3 aromatic rings. The van der Waals surface area contributed by atoms with Crippen molar-refractivity contribution in [1.29, 1.82) is 0 Å². The number of hydrogen-bond donors (Lipinski definition) is 1. The predicted molar refractivity (Wildman–Crippen MR) is 122 cm³/mol. The lowest BCUT2D eigenvalue weighted by molar-refractivity contribution is -0.328. The molecule has 2 saturated heterocycles. The molecule has 0 radical (unpaired) electrons. The summed E-state index contributed by atoms with van der Waals surface area (Å²) < 4.78 is 6.96. The van der Waals surface area contributed by atoms with E-state index in [2.05, 4.69) is 20.2 Å². The zero-order chi connectivity index (χ0) is 19.9. The van der Waals surface area contributed by atoms with Crippen LogP contribution in [0.5, 0.6) is 0 Å². The van der Waals surface area contributed by atoms with Gasteiger partial charge in [-0.25, -0.2) is 15.0 Å². The van der Waals surface area contributed by atoms with E-state index in [0.717, 1.165) is 43.7 Å². The minimum Gasteiger partial charge on any atom is -0.376 e. The van der Waals surface area contributed by atoms with Crippen molar-refractivity contribution in [2.75, 3.05) is 36.5 Å². The number of nitrogens with zero attached hydrogens (tertiary/aromatic N) is 3. The first-order chi connectivity index (χ1) is 14.9. The Hall–Kier alpha value is -1.99. The van der Waals surface area contributed by atoms with Crippen LogP contribution in [0, 0.1) is 0 Å². The number of aryl methyl sites for hydroxylation is 1. The van der Waals surface area contributed by atoms with Gasteiger partial charge in [0.25, 0.3) is 5.82 Å². The minimum absolute atomic E-state index is 0.300. The van der Waals surface area contributed by atoms with Crippen LogP contribution in [-0.2, 0) is 17.6 Å². The number of H-pyrrole nitrogens is 1. The first-order valence-corrected chi connectivity index (χ1v) is 12.4. The Balaban J connectivity index is 1.46. The summed E-state index contributed by atoms with van der Waals surface area (Å²) >= 11 is 1.81. The van der Waals surface area contributed by atoms with Gasteiger partial charge in [0, 0.05) is 18.7 Å². The Kier molecular flexibility index (Phi) is 4.96. The van der Waals surface area contributed by atoms with E-state index in [0.29, 0.717) is 6.10 Å². The van der Waals surface area contributed by atoms with Gasteiger partial charge < -0.3 is 10.1 Å². The zero-order valence-electron chi connectivity index (χ0n) is 17.5. The van der Waals surface area contributed by atoms with Crippen molar-refractivity contribution >= 4 is 43.4 Å². The van der Waals surface area contributed by atoms with E-state index in [9.17, 15) is 0 Å². The maximum Gasteiger partial charge on any atom is 0.278 e. The van der Waals surface area contributed by atoms with Crippen LogP contribution in [0.1, 0.15) is 56.1 Å². The lowest BCUT2D eigenvalue weighted by atomic mass is 9.89. The summed E-state index contributed by atoms with van der Waals surface area (Å²) in [6.07, 6.45) is 13.2. The molecule has 0 saturated carbocycles. The second kappa shape index (κ2) is 7.93. The Morgan fingerprint density at radius 3 is 2.77 bits per heavy atom. The molecule has 158 valence electrons. The molecular formula is C23H30N5OS+. The average molecular weight is 425 g/mol. The number of aromatic nitrogens is 3. The highest BCUT2D eigenvalue weighted by Gasteiger charge is 2.30. The van der Waals surface area contributed by atoms with Crippen molar-refractivity contribution in [3.8, 4) is 0 Å². The van der Waals surface area contributed by atoms with Crippen LogP contribution in [0.15, 0.2) is 6.33 Å². The number of piperidine rings is 1. The summed E-state index contributed by atoms with van der Waals surface area (Å²) in [5, 5.41) is 4.90. The lowest BCUT2D eigenvalue weighted by Gasteiger charge is -2.25. The molecule has 0 spiro atoms. The summed E-state index contributed by atoms with van der Waals surface area (Å²) in [6.45, 7) is 4.05. The number of thiophene rings is 1. The zero-order valence-corrected chi connectivity index (χ0v) is 18.3. The van der Waals surface area contributed by atoms with E-state index in [1.807, 2.05) is 11.3 Å². The summed E-state index contributed by atoms with van der Waals surface area (Å²) in [6, 6.07) is 0. The molecule has 0 amide bonds. The monoisotopic (exact) mass is 424 g/mol. The predicted octanol–water partition coefficient (Wildman–Crippen LogP) is 4.12. The number of nitrogens with one attached hydrogen (secondary N) is 2. The molecule has 0 bridgehead atoms. The number of hydrogen-bond acceptors (Lipinski definition) is 6. The number of rotatable bonds is 4. The third-order valence-electron chi connectivity index (χ3n) is 6.95.